The molecule has 0 aromatic heterocycles. The van der Waals surface area contributed by atoms with Gasteiger partial charge in [0.15, 0.2) is 0 Å². The fourth-order valence-electron chi connectivity index (χ4n) is 5.37. The van der Waals surface area contributed by atoms with Crippen LogP contribution in [0.3, 0.4) is 0 Å². The first-order valence-electron chi connectivity index (χ1n) is 10.3. The molecule has 0 saturated heterocycles. The van der Waals surface area contributed by atoms with E-state index < -0.39 is 7.26 Å². The van der Waals surface area contributed by atoms with Crippen molar-refractivity contribution in [2.24, 2.45) is 0 Å². The van der Waals surface area contributed by atoms with Gasteiger partial charge < -0.3 is 0 Å². The Kier molecular flexibility index (Phi) is 3.37. The third kappa shape index (κ3) is 2.08. The molecule has 0 fully saturated rings. The number of aryl methyl sites for hydroxylation is 4. The van der Waals surface area contributed by atoms with Crippen LogP contribution in [-0.4, -0.2) is 0 Å². The quantitative estimate of drug-likeness (QED) is 0.300. The Bertz CT molecular complexity index is 1130. The Morgan fingerprint density at radius 3 is 0.862 bits per heavy atom. The highest BCUT2D eigenvalue weighted by molar-refractivity contribution is 8.03. The molecule has 0 nitrogen and oxygen atoms in total. The molecular weight excluding hydrogens is 367 g/mol. The SMILES string of the molecule is Cc1ccc2c(c1)[P+]1(c3cc(C)ccc3-2)c2cc(C)ccc2-c2ccc(C)cc21. The molecule has 0 aliphatic carbocycles. The molecular formula is C28H24P+. The number of hydrogen-bond acceptors (Lipinski definition) is 0. The van der Waals surface area contributed by atoms with Crippen molar-refractivity contribution in [1.82, 2.24) is 0 Å². The molecule has 4 aromatic rings. The Hall–Kier alpha value is -2.69. The van der Waals surface area contributed by atoms with E-state index in [1.54, 1.807) is 21.2 Å². The zero-order valence-electron chi connectivity index (χ0n) is 17.4. The maximum atomic E-state index is 2.47. The molecule has 0 atom stereocenters. The molecule has 0 radical (unpaired) electrons. The summed E-state index contributed by atoms with van der Waals surface area (Å²) in [4.78, 5) is 0. The fourth-order valence-corrected chi connectivity index (χ4v) is 10.7. The second kappa shape index (κ2) is 5.68. The van der Waals surface area contributed by atoms with Gasteiger partial charge in [0.2, 0.25) is 0 Å². The number of rotatable bonds is 0. The first-order chi connectivity index (χ1) is 14.0. The van der Waals surface area contributed by atoms with E-state index in [-0.39, 0.29) is 0 Å². The van der Waals surface area contributed by atoms with Gasteiger partial charge in [0.25, 0.3) is 0 Å². The van der Waals surface area contributed by atoms with Crippen LogP contribution >= 0.6 is 7.26 Å². The highest BCUT2D eigenvalue weighted by Crippen LogP contribution is 2.66. The highest BCUT2D eigenvalue weighted by atomic mass is 31.2. The summed E-state index contributed by atoms with van der Waals surface area (Å²) in [6, 6.07) is 28.4. The fraction of sp³-hybridized carbons (Fsp3) is 0.143. The number of hydrogen-bond donors (Lipinski definition) is 0. The van der Waals surface area contributed by atoms with Crippen molar-refractivity contribution in [3.05, 3.63) is 95.1 Å². The summed E-state index contributed by atoms with van der Waals surface area (Å²) in [5.74, 6) is 0. The summed E-state index contributed by atoms with van der Waals surface area (Å²) >= 11 is 0. The van der Waals surface area contributed by atoms with Gasteiger partial charge in [-0.25, -0.2) is 0 Å². The van der Waals surface area contributed by atoms with Crippen molar-refractivity contribution in [2.45, 2.75) is 27.7 Å². The van der Waals surface area contributed by atoms with E-state index in [0.717, 1.165) is 0 Å². The van der Waals surface area contributed by atoms with Gasteiger partial charge in [-0.2, -0.15) is 0 Å². The summed E-state index contributed by atoms with van der Waals surface area (Å²) in [5, 5.41) is 6.20. The monoisotopic (exact) mass is 391 g/mol. The third-order valence-electron chi connectivity index (χ3n) is 6.64. The van der Waals surface area contributed by atoms with Crippen LogP contribution in [-0.2, 0) is 0 Å². The Morgan fingerprint density at radius 1 is 0.379 bits per heavy atom. The maximum absolute atomic E-state index is 2.47. The molecule has 2 heterocycles. The smallest absolute Gasteiger partial charge is 0.0584 e. The predicted octanol–water partition coefficient (Wildman–Crippen LogP) is 5.50. The molecule has 1 heteroatoms. The van der Waals surface area contributed by atoms with Crippen molar-refractivity contribution in [3.63, 3.8) is 0 Å². The Labute approximate surface area is 173 Å². The molecule has 0 amide bonds. The number of benzene rings is 4. The van der Waals surface area contributed by atoms with Crippen molar-refractivity contribution in [2.75, 3.05) is 0 Å². The molecule has 2 aliphatic heterocycles. The van der Waals surface area contributed by atoms with E-state index in [2.05, 4.69) is 100 Å². The van der Waals surface area contributed by atoms with Crippen molar-refractivity contribution < 1.29 is 0 Å². The van der Waals surface area contributed by atoms with E-state index in [1.165, 1.54) is 44.5 Å². The largest absolute Gasteiger partial charge is 0.146 e. The second-order valence-electron chi connectivity index (χ2n) is 8.75. The van der Waals surface area contributed by atoms with Gasteiger partial charge in [-0.05, 0) is 98.5 Å². The van der Waals surface area contributed by atoms with Gasteiger partial charge in [0, 0.05) is 22.3 Å². The van der Waals surface area contributed by atoms with Crippen molar-refractivity contribution in [3.8, 4) is 22.3 Å². The molecule has 0 N–H and O–H groups in total. The molecule has 4 aromatic carbocycles. The lowest BCUT2D eigenvalue weighted by atomic mass is 10.0. The van der Waals surface area contributed by atoms with Crippen LogP contribution in [0.15, 0.2) is 72.8 Å². The van der Waals surface area contributed by atoms with Crippen LogP contribution < -0.4 is 21.2 Å². The van der Waals surface area contributed by atoms with Crippen LogP contribution in [0.4, 0.5) is 0 Å². The first kappa shape index (κ1) is 17.2. The lowest BCUT2D eigenvalue weighted by Crippen LogP contribution is -2.33. The van der Waals surface area contributed by atoms with Gasteiger partial charge in [-0.3, -0.25) is 0 Å². The van der Waals surface area contributed by atoms with E-state index in [9.17, 15) is 0 Å². The lowest BCUT2D eigenvalue weighted by molar-refractivity contribution is 1.48. The molecule has 1 spiro atoms. The van der Waals surface area contributed by atoms with Crippen LogP contribution in [0.5, 0.6) is 0 Å². The van der Waals surface area contributed by atoms with Gasteiger partial charge in [-0.1, -0.05) is 24.3 Å². The minimum atomic E-state index is -1.87. The molecule has 2 aliphatic rings. The van der Waals surface area contributed by atoms with Gasteiger partial charge in [0.1, 0.15) is 28.5 Å². The van der Waals surface area contributed by atoms with E-state index in [4.69, 9.17) is 0 Å². The predicted molar refractivity (Wildman–Crippen MR) is 128 cm³/mol. The van der Waals surface area contributed by atoms with Crippen LogP contribution in [0, 0.1) is 27.7 Å². The molecule has 0 saturated carbocycles. The number of fused-ring (bicyclic) bond motifs is 10. The van der Waals surface area contributed by atoms with Gasteiger partial charge in [0.05, 0.1) is 0 Å². The average Bonchev–Trinajstić information content (AvgIpc) is 3.13. The minimum absolute atomic E-state index is 1.35. The minimum Gasteiger partial charge on any atom is -0.0584 e. The maximum Gasteiger partial charge on any atom is 0.146 e. The zero-order valence-corrected chi connectivity index (χ0v) is 18.3. The van der Waals surface area contributed by atoms with Crippen LogP contribution in [0.2, 0.25) is 0 Å². The van der Waals surface area contributed by atoms with Gasteiger partial charge in [-0.15, -0.1) is 0 Å². The Balaban J connectivity index is 1.88. The van der Waals surface area contributed by atoms with Crippen LogP contribution in [0.25, 0.3) is 22.3 Å². The molecule has 6 rings (SSSR count). The van der Waals surface area contributed by atoms with E-state index >= 15 is 0 Å². The lowest BCUT2D eigenvalue weighted by Gasteiger charge is -2.22. The van der Waals surface area contributed by atoms with E-state index in [0.29, 0.717) is 0 Å². The van der Waals surface area contributed by atoms with Crippen molar-refractivity contribution >= 4 is 28.5 Å². The second-order valence-corrected chi connectivity index (χ2v) is 12.0. The summed E-state index contributed by atoms with van der Waals surface area (Å²) in [5.41, 5.74) is 11.1. The van der Waals surface area contributed by atoms with Crippen LogP contribution in [0.1, 0.15) is 22.3 Å². The third-order valence-corrected chi connectivity index (χ3v) is 11.0. The Morgan fingerprint density at radius 2 is 0.621 bits per heavy atom. The first-order valence-corrected chi connectivity index (χ1v) is 12.1. The standard InChI is InChI=1S/C28H24P/c1-17-5-9-21-22-10-6-18(2)14-26(22)29(25(21)13-17)27-15-19(3)7-11-23(27)24-12-8-20(4)16-28(24)29/h5-16H,1-4H3/q+1. The molecule has 0 unspecified atom stereocenters. The van der Waals surface area contributed by atoms with Gasteiger partial charge >= 0.3 is 0 Å². The summed E-state index contributed by atoms with van der Waals surface area (Å²) in [6.45, 7) is 8.93. The topological polar surface area (TPSA) is 0 Å². The summed E-state index contributed by atoms with van der Waals surface area (Å²) < 4.78 is 0. The molecule has 0 bridgehead atoms. The molecule has 140 valence electrons. The summed E-state index contributed by atoms with van der Waals surface area (Å²) in [7, 11) is -1.87. The zero-order chi connectivity index (χ0) is 19.9. The van der Waals surface area contributed by atoms with Crippen molar-refractivity contribution in [1.29, 1.82) is 0 Å². The highest BCUT2D eigenvalue weighted by Gasteiger charge is 2.60. The average molecular weight is 391 g/mol. The summed E-state index contributed by atoms with van der Waals surface area (Å²) in [6.07, 6.45) is 0. The van der Waals surface area contributed by atoms with E-state index in [1.807, 2.05) is 0 Å². The molecule has 29 heavy (non-hydrogen) atoms. The normalized spacial score (nSPS) is 14.5.